The molecule has 2 nitrogen and oxygen atoms in total. The summed E-state index contributed by atoms with van der Waals surface area (Å²) in [6, 6.07) is 22.3. The van der Waals surface area contributed by atoms with Crippen molar-refractivity contribution in [2.75, 3.05) is 6.54 Å². The molecule has 3 aromatic carbocycles. The monoisotopic (exact) mass is 315 g/mol. The number of aryl methyl sites for hydroxylation is 1. The predicted molar refractivity (Wildman–Crippen MR) is 97.3 cm³/mol. The number of nitrogens with zero attached hydrogens (tertiary/aromatic N) is 1. The first-order valence-electron chi connectivity index (χ1n) is 8.82. The van der Waals surface area contributed by atoms with Crippen LogP contribution in [0.1, 0.15) is 35.6 Å². The van der Waals surface area contributed by atoms with E-state index in [9.17, 15) is 0 Å². The van der Waals surface area contributed by atoms with Crippen LogP contribution in [0.3, 0.4) is 0 Å². The van der Waals surface area contributed by atoms with E-state index in [2.05, 4.69) is 72.5 Å². The first kappa shape index (κ1) is 14.1. The Bertz CT molecular complexity index is 917. The van der Waals surface area contributed by atoms with Crippen molar-refractivity contribution in [3.63, 3.8) is 0 Å². The molecule has 0 unspecified atom stereocenters. The first-order valence-corrected chi connectivity index (χ1v) is 8.82. The normalized spacial score (nSPS) is 22.9. The molecule has 2 atom stereocenters. The Kier molecular flexibility index (Phi) is 3.14. The minimum Gasteiger partial charge on any atom is -0.475 e. The molecule has 1 fully saturated rings. The summed E-state index contributed by atoms with van der Waals surface area (Å²) in [4.78, 5) is 2.55. The van der Waals surface area contributed by atoms with Crippen molar-refractivity contribution in [1.29, 1.82) is 0 Å². The molecule has 1 saturated heterocycles. The van der Waals surface area contributed by atoms with Gasteiger partial charge in [0.15, 0.2) is 6.23 Å². The van der Waals surface area contributed by atoms with Crippen molar-refractivity contribution < 1.29 is 4.74 Å². The molecule has 0 bridgehead atoms. The van der Waals surface area contributed by atoms with Crippen molar-refractivity contribution in [3.8, 4) is 5.75 Å². The summed E-state index contributed by atoms with van der Waals surface area (Å²) < 4.78 is 6.37. The van der Waals surface area contributed by atoms with E-state index >= 15 is 0 Å². The summed E-state index contributed by atoms with van der Waals surface area (Å²) in [5.74, 6) is 1.06. The standard InChI is InChI=1S/C22H21NO/c1-15-6-4-8-17(14-15)22-21-18-9-3-2-7-16(18)11-12-19(21)24-20-10-5-13-23(20)22/h2-4,6-9,11-12,14,20,22H,5,10,13H2,1H3/t20-,22+/m0/s1. The van der Waals surface area contributed by atoms with E-state index in [1.165, 1.54) is 33.9 Å². The molecule has 0 amide bonds. The van der Waals surface area contributed by atoms with Gasteiger partial charge in [-0.25, -0.2) is 0 Å². The number of benzene rings is 3. The van der Waals surface area contributed by atoms with Crippen LogP contribution in [0.2, 0.25) is 0 Å². The van der Waals surface area contributed by atoms with E-state index in [1.807, 2.05) is 0 Å². The van der Waals surface area contributed by atoms with Gasteiger partial charge in [-0.2, -0.15) is 0 Å². The van der Waals surface area contributed by atoms with Gasteiger partial charge >= 0.3 is 0 Å². The van der Waals surface area contributed by atoms with Gasteiger partial charge in [0.1, 0.15) is 5.75 Å². The fraction of sp³-hybridized carbons (Fsp3) is 0.273. The molecule has 120 valence electrons. The molecule has 0 spiro atoms. The lowest BCUT2D eigenvalue weighted by Crippen LogP contribution is -2.41. The number of ether oxygens (including phenoxy) is 1. The van der Waals surface area contributed by atoms with E-state index in [0.29, 0.717) is 0 Å². The molecular formula is C22H21NO. The van der Waals surface area contributed by atoms with Gasteiger partial charge in [0.2, 0.25) is 0 Å². The molecule has 0 N–H and O–H groups in total. The molecular weight excluding hydrogens is 294 g/mol. The number of hydrogen-bond acceptors (Lipinski definition) is 2. The van der Waals surface area contributed by atoms with Crippen LogP contribution in [0.4, 0.5) is 0 Å². The van der Waals surface area contributed by atoms with Crippen LogP contribution in [-0.2, 0) is 0 Å². The Morgan fingerprint density at radius 3 is 2.83 bits per heavy atom. The zero-order chi connectivity index (χ0) is 16.1. The minimum atomic E-state index is 0.212. The Morgan fingerprint density at radius 2 is 1.92 bits per heavy atom. The molecule has 2 heterocycles. The Hall–Kier alpha value is -2.32. The number of fused-ring (bicyclic) bond motifs is 4. The lowest BCUT2D eigenvalue weighted by Gasteiger charge is -2.40. The smallest absolute Gasteiger partial charge is 0.153 e. The van der Waals surface area contributed by atoms with Crippen LogP contribution < -0.4 is 4.74 Å². The highest BCUT2D eigenvalue weighted by molar-refractivity contribution is 5.89. The predicted octanol–water partition coefficient (Wildman–Crippen LogP) is 5.05. The molecule has 2 aliphatic rings. The minimum absolute atomic E-state index is 0.212. The van der Waals surface area contributed by atoms with Gasteiger partial charge in [-0.1, -0.05) is 60.2 Å². The van der Waals surface area contributed by atoms with Gasteiger partial charge in [0.25, 0.3) is 0 Å². The third-order valence-electron chi connectivity index (χ3n) is 5.39. The summed E-state index contributed by atoms with van der Waals surface area (Å²) in [7, 11) is 0. The summed E-state index contributed by atoms with van der Waals surface area (Å²) in [5, 5.41) is 2.60. The Morgan fingerprint density at radius 1 is 1.00 bits per heavy atom. The quantitative estimate of drug-likeness (QED) is 0.623. The molecule has 2 heteroatoms. The van der Waals surface area contributed by atoms with Crippen molar-refractivity contribution in [3.05, 3.63) is 77.4 Å². The highest BCUT2D eigenvalue weighted by Crippen LogP contribution is 2.46. The molecule has 0 aliphatic carbocycles. The SMILES string of the molecule is Cc1cccc([C@@H]2c3c(ccc4ccccc34)O[C@H]3CCCN23)c1. The summed E-state index contributed by atoms with van der Waals surface area (Å²) in [6.45, 7) is 3.28. The van der Waals surface area contributed by atoms with E-state index < -0.39 is 0 Å². The largest absolute Gasteiger partial charge is 0.475 e. The van der Waals surface area contributed by atoms with Gasteiger partial charge in [0, 0.05) is 12.1 Å². The second kappa shape index (κ2) is 5.35. The maximum atomic E-state index is 6.37. The molecule has 0 radical (unpaired) electrons. The Balaban J connectivity index is 1.79. The molecule has 24 heavy (non-hydrogen) atoms. The van der Waals surface area contributed by atoms with Crippen LogP contribution >= 0.6 is 0 Å². The fourth-order valence-corrected chi connectivity index (χ4v) is 4.35. The summed E-state index contributed by atoms with van der Waals surface area (Å²) in [5.41, 5.74) is 4.02. The van der Waals surface area contributed by atoms with Crippen LogP contribution in [0.15, 0.2) is 60.7 Å². The van der Waals surface area contributed by atoms with Crippen molar-refractivity contribution in [2.45, 2.75) is 32.0 Å². The van der Waals surface area contributed by atoms with E-state index in [4.69, 9.17) is 4.74 Å². The highest BCUT2D eigenvalue weighted by Gasteiger charge is 2.40. The van der Waals surface area contributed by atoms with Crippen LogP contribution in [0.5, 0.6) is 5.75 Å². The third kappa shape index (κ3) is 2.06. The first-order chi connectivity index (χ1) is 11.8. The van der Waals surface area contributed by atoms with E-state index in [1.54, 1.807) is 0 Å². The van der Waals surface area contributed by atoms with Gasteiger partial charge in [0.05, 0.1) is 6.04 Å². The second-order valence-electron chi connectivity index (χ2n) is 6.97. The molecule has 3 aromatic rings. The van der Waals surface area contributed by atoms with Crippen molar-refractivity contribution in [2.24, 2.45) is 0 Å². The fourth-order valence-electron chi connectivity index (χ4n) is 4.35. The zero-order valence-corrected chi connectivity index (χ0v) is 13.9. The van der Waals surface area contributed by atoms with Gasteiger partial charge in [-0.3, -0.25) is 4.90 Å². The third-order valence-corrected chi connectivity index (χ3v) is 5.39. The van der Waals surface area contributed by atoms with Gasteiger partial charge in [-0.15, -0.1) is 0 Å². The Labute approximate surface area is 142 Å². The number of rotatable bonds is 1. The average Bonchev–Trinajstić information content (AvgIpc) is 3.07. The van der Waals surface area contributed by atoms with Gasteiger partial charge in [-0.05, 0) is 42.2 Å². The topological polar surface area (TPSA) is 12.5 Å². The molecule has 2 aliphatic heterocycles. The molecule has 0 saturated carbocycles. The van der Waals surface area contributed by atoms with Crippen LogP contribution in [0.25, 0.3) is 10.8 Å². The maximum Gasteiger partial charge on any atom is 0.153 e. The maximum absolute atomic E-state index is 6.37. The van der Waals surface area contributed by atoms with Gasteiger partial charge < -0.3 is 4.74 Å². The molecule has 5 rings (SSSR count). The van der Waals surface area contributed by atoms with Crippen molar-refractivity contribution in [1.82, 2.24) is 4.90 Å². The lowest BCUT2D eigenvalue weighted by atomic mass is 9.90. The zero-order valence-electron chi connectivity index (χ0n) is 13.9. The lowest BCUT2D eigenvalue weighted by molar-refractivity contribution is 0.0176. The summed E-state index contributed by atoms with van der Waals surface area (Å²) >= 11 is 0. The van der Waals surface area contributed by atoms with Crippen molar-refractivity contribution >= 4 is 10.8 Å². The second-order valence-corrected chi connectivity index (χ2v) is 6.97. The van der Waals surface area contributed by atoms with Crippen LogP contribution in [0, 0.1) is 6.92 Å². The van der Waals surface area contributed by atoms with E-state index in [-0.39, 0.29) is 12.3 Å². The van der Waals surface area contributed by atoms with Crippen LogP contribution in [-0.4, -0.2) is 17.7 Å². The van der Waals surface area contributed by atoms with E-state index in [0.717, 1.165) is 18.7 Å². The molecule has 0 aromatic heterocycles. The number of hydrogen-bond donors (Lipinski definition) is 0. The average molecular weight is 315 g/mol. The highest BCUT2D eigenvalue weighted by atomic mass is 16.5. The summed E-state index contributed by atoms with van der Waals surface area (Å²) in [6.07, 6.45) is 2.54.